The van der Waals surface area contributed by atoms with E-state index in [2.05, 4.69) is 13.8 Å². The third-order valence-corrected chi connectivity index (χ3v) is 6.01. The van der Waals surface area contributed by atoms with Crippen LogP contribution in [-0.4, -0.2) is 19.2 Å². The van der Waals surface area contributed by atoms with Gasteiger partial charge in [-0.15, -0.1) is 0 Å². The highest BCUT2D eigenvalue weighted by atomic mass is 16.5. The van der Waals surface area contributed by atoms with Crippen molar-refractivity contribution in [2.45, 2.75) is 90.9 Å². The largest absolute Gasteiger partial charge is 0.494 e. The Morgan fingerprint density at radius 1 is 0.821 bits per heavy atom. The summed E-state index contributed by atoms with van der Waals surface area (Å²) in [5.41, 5.74) is 0.603. The molecule has 0 spiro atoms. The summed E-state index contributed by atoms with van der Waals surface area (Å²) in [7, 11) is 0. The van der Waals surface area contributed by atoms with Gasteiger partial charge in [0, 0.05) is 0 Å². The van der Waals surface area contributed by atoms with Gasteiger partial charge >= 0.3 is 5.97 Å². The minimum absolute atomic E-state index is 0.235. The van der Waals surface area contributed by atoms with Gasteiger partial charge in [-0.05, 0) is 55.4 Å². The minimum atomic E-state index is -0.235. The van der Waals surface area contributed by atoms with E-state index in [4.69, 9.17) is 9.47 Å². The Bertz CT molecular complexity index is 529. The molecule has 158 valence electrons. The second-order valence-corrected chi connectivity index (χ2v) is 8.39. The Kier molecular flexibility index (Phi) is 11.1. The van der Waals surface area contributed by atoms with Crippen molar-refractivity contribution < 1.29 is 14.3 Å². The first kappa shape index (κ1) is 22.8. The maximum absolute atomic E-state index is 12.0. The summed E-state index contributed by atoms with van der Waals surface area (Å²) >= 11 is 0. The van der Waals surface area contributed by atoms with Gasteiger partial charge in [-0.25, -0.2) is 4.79 Å². The number of rotatable bonds is 13. The Hall–Kier alpha value is -1.51. The van der Waals surface area contributed by atoms with Gasteiger partial charge in [0.25, 0.3) is 0 Å². The molecule has 1 aliphatic rings. The van der Waals surface area contributed by atoms with Crippen molar-refractivity contribution in [1.29, 1.82) is 0 Å². The van der Waals surface area contributed by atoms with Crippen molar-refractivity contribution >= 4 is 5.97 Å². The van der Waals surface area contributed by atoms with Gasteiger partial charge < -0.3 is 9.47 Å². The first-order valence-corrected chi connectivity index (χ1v) is 11.6. The van der Waals surface area contributed by atoms with Crippen LogP contribution in [0.4, 0.5) is 0 Å². The third-order valence-electron chi connectivity index (χ3n) is 6.01. The molecule has 2 rings (SSSR count). The summed E-state index contributed by atoms with van der Waals surface area (Å²) in [5, 5.41) is 0. The van der Waals surface area contributed by atoms with Gasteiger partial charge in [-0.2, -0.15) is 0 Å². The number of unbranched alkanes of at least 4 members (excludes halogenated alkanes) is 3. The Balaban J connectivity index is 1.58. The first-order valence-electron chi connectivity index (χ1n) is 11.6. The lowest BCUT2D eigenvalue weighted by molar-refractivity contribution is 0.0498. The fourth-order valence-electron chi connectivity index (χ4n) is 4.24. The average molecular weight is 389 g/mol. The molecule has 1 saturated carbocycles. The maximum atomic E-state index is 12.0. The van der Waals surface area contributed by atoms with Crippen LogP contribution in [0.2, 0.25) is 0 Å². The van der Waals surface area contributed by atoms with Crippen molar-refractivity contribution in [2.75, 3.05) is 13.2 Å². The first-order chi connectivity index (χ1) is 13.7. The van der Waals surface area contributed by atoms with Gasteiger partial charge in [-0.3, -0.25) is 0 Å². The average Bonchev–Trinajstić information content (AvgIpc) is 2.73. The molecule has 0 aromatic heterocycles. The van der Waals surface area contributed by atoms with Gasteiger partial charge in [0.15, 0.2) is 0 Å². The molecule has 0 radical (unpaired) electrons. The Morgan fingerprint density at radius 3 is 2.14 bits per heavy atom. The predicted octanol–water partition coefficient (Wildman–Crippen LogP) is 7.19. The van der Waals surface area contributed by atoms with E-state index in [9.17, 15) is 4.79 Å². The maximum Gasteiger partial charge on any atom is 0.338 e. The van der Waals surface area contributed by atoms with Crippen molar-refractivity contribution in [3.8, 4) is 5.75 Å². The number of esters is 1. The molecule has 3 nitrogen and oxygen atoms in total. The monoisotopic (exact) mass is 388 g/mol. The second kappa shape index (κ2) is 13.6. The quantitative estimate of drug-likeness (QED) is 0.265. The molecule has 1 aromatic rings. The second-order valence-electron chi connectivity index (χ2n) is 8.39. The van der Waals surface area contributed by atoms with E-state index in [1.165, 1.54) is 57.8 Å². The SMILES string of the molecule is CCCCCCOC(=O)c1ccc(OCCCC2CCC(CCC)CC2)cc1. The molecule has 0 unspecified atom stereocenters. The van der Waals surface area contributed by atoms with Crippen molar-refractivity contribution in [1.82, 2.24) is 0 Å². The normalized spacial score (nSPS) is 19.4. The Labute approximate surface area is 172 Å². The predicted molar refractivity (Wildman–Crippen MR) is 116 cm³/mol. The fraction of sp³-hybridized carbons (Fsp3) is 0.720. The van der Waals surface area contributed by atoms with Gasteiger partial charge in [0.2, 0.25) is 0 Å². The molecule has 3 heteroatoms. The molecule has 0 atom stereocenters. The van der Waals surface area contributed by atoms with Crippen LogP contribution in [0.1, 0.15) is 101 Å². The fourth-order valence-corrected chi connectivity index (χ4v) is 4.24. The third kappa shape index (κ3) is 8.67. The highest BCUT2D eigenvalue weighted by Crippen LogP contribution is 2.33. The minimum Gasteiger partial charge on any atom is -0.494 e. The van der Waals surface area contributed by atoms with Gasteiger partial charge in [0.05, 0.1) is 18.8 Å². The van der Waals surface area contributed by atoms with E-state index in [0.29, 0.717) is 12.2 Å². The van der Waals surface area contributed by atoms with Crippen LogP contribution in [0.25, 0.3) is 0 Å². The number of carbonyl (C=O) groups is 1. The van der Waals surface area contributed by atoms with E-state index < -0.39 is 0 Å². The van der Waals surface area contributed by atoms with Gasteiger partial charge in [-0.1, -0.05) is 71.6 Å². The number of hydrogen-bond acceptors (Lipinski definition) is 3. The highest BCUT2D eigenvalue weighted by molar-refractivity contribution is 5.89. The van der Waals surface area contributed by atoms with Gasteiger partial charge in [0.1, 0.15) is 5.75 Å². The van der Waals surface area contributed by atoms with Crippen LogP contribution in [-0.2, 0) is 4.74 Å². The van der Waals surface area contributed by atoms with Crippen molar-refractivity contribution in [3.63, 3.8) is 0 Å². The zero-order chi connectivity index (χ0) is 20.0. The lowest BCUT2D eigenvalue weighted by Crippen LogP contribution is -2.15. The van der Waals surface area contributed by atoms with Crippen LogP contribution in [0, 0.1) is 11.8 Å². The number of ether oxygens (including phenoxy) is 2. The molecule has 28 heavy (non-hydrogen) atoms. The summed E-state index contributed by atoms with van der Waals surface area (Å²) in [6.07, 6.45) is 15.3. The highest BCUT2D eigenvalue weighted by Gasteiger charge is 2.20. The molecule has 0 bridgehead atoms. The Morgan fingerprint density at radius 2 is 1.50 bits per heavy atom. The summed E-state index contributed by atoms with van der Waals surface area (Å²) < 4.78 is 11.2. The topological polar surface area (TPSA) is 35.5 Å². The van der Waals surface area contributed by atoms with Crippen LogP contribution in [0.15, 0.2) is 24.3 Å². The summed E-state index contributed by atoms with van der Waals surface area (Å²) in [6, 6.07) is 7.37. The summed E-state index contributed by atoms with van der Waals surface area (Å²) in [4.78, 5) is 12.0. The lowest BCUT2D eigenvalue weighted by atomic mass is 9.78. The van der Waals surface area contributed by atoms with Crippen LogP contribution < -0.4 is 4.74 Å². The molecule has 0 amide bonds. The molecule has 0 aliphatic heterocycles. The standard InChI is InChI=1S/C25H40O3/c1-3-5-6-7-19-28-25(26)23-15-17-24(18-16-23)27-20-8-10-22-13-11-21(9-4-2)12-14-22/h15-18,21-22H,3-14,19-20H2,1-2H3. The van der Waals surface area contributed by atoms with Crippen LogP contribution in [0.3, 0.4) is 0 Å². The van der Waals surface area contributed by atoms with E-state index in [1.807, 2.05) is 12.1 Å². The zero-order valence-electron chi connectivity index (χ0n) is 18.1. The molecule has 1 aliphatic carbocycles. The van der Waals surface area contributed by atoms with Crippen molar-refractivity contribution in [3.05, 3.63) is 29.8 Å². The smallest absolute Gasteiger partial charge is 0.338 e. The molecule has 1 aromatic carbocycles. The van der Waals surface area contributed by atoms with E-state index >= 15 is 0 Å². The molecule has 0 N–H and O–H groups in total. The van der Waals surface area contributed by atoms with Crippen molar-refractivity contribution in [2.24, 2.45) is 11.8 Å². The number of hydrogen-bond donors (Lipinski definition) is 0. The van der Waals surface area contributed by atoms with Crippen LogP contribution in [0.5, 0.6) is 5.75 Å². The van der Waals surface area contributed by atoms with Crippen LogP contribution >= 0.6 is 0 Å². The summed E-state index contributed by atoms with van der Waals surface area (Å²) in [6.45, 7) is 5.75. The number of benzene rings is 1. The van der Waals surface area contributed by atoms with E-state index in [-0.39, 0.29) is 5.97 Å². The zero-order valence-corrected chi connectivity index (χ0v) is 18.1. The molecule has 1 fully saturated rings. The molecular formula is C25H40O3. The number of carbonyl (C=O) groups excluding carboxylic acids is 1. The molecule has 0 saturated heterocycles. The lowest BCUT2D eigenvalue weighted by Gasteiger charge is -2.28. The summed E-state index contributed by atoms with van der Waals surface area (Å²) in [5.74, 6) is 2.48. The van der Waals surface area contributed by atoms with E-state index in [0.717, 1.165) is 43.5 Å². The molecular weight excluding hydrogens is 348 g/mol. The van der Waals surface area contributed by atoms with E-state index in [1.54, 1.807) is 12.1 Å². The molecule has 0 heterocycles.